The van der Waals surface area contributed by atoms with E-state index in [-0.39, 0.29) is 17.9 Å². The highest BCUT2D eigenvalue weighted by Gasteiger charge is 2.51. The van der Waals surface area contributed by atoms with Crippen LogP contribution in [0.4, 0.5) is 0 Å². The van der Waals surface area contributed by atoms with Gasteiger partial charge in [-0.1, -0.05) is 72.8 Å². The molecule has 1 fully saturated rings. The molecule has 2 atom stereocenters. The van der Waals surface area contributed by atoms with E-state index in [1.165, 1.54) is 21.9 Å². The Morgan fingerprint density at radius 3 is 2.32 bits per heavy atom. The van der Waals surface area contributed by atoms with Gasteiger partial charge in [0.05, 0.1) is 0 Å². The van der Waals surface area contributed by atoms with Gasteiger partial charge in [0.1, 0.15) is 0 Å². The number of rotatable bonds is 3. The molecule has 1 aliphatic carbocycles. The monoisotopic (exact) mass is 309 g/mol. The molecule has 0 bridgehead atoms. The zero-order valence-electron chi connectivity index (χ0n) is 12.4. The van der Waals surface area contributed by atoms with Crippen LogP contribution in [0.25, 0.3) is 10.8 Å². The molecule has 2 N–H and O–H groups in total. The number of halogens is 1. The summed E-state index contributed by atoms with van der Waals surface area (Å²) in [4.78, 5) is 0. The molecule has 112 valence electrons. The van der Waals surface area contributed by atoms with Gasteiger partial charge in [0.2, 0.25) is 0 Å². The zero-order chi connectivity index (χ0) is 14.3. The van der Waals surface area contributed by atoms with Crippen LogP contribution >= 0.6 is 12.4 Å². The minimum atomic E-state index is -0.0657. The minimum absolute atomic E-state index is 0. The standard InChI is InChI=1S/C20H19N.ClH/c21-20(14-19(20)17-7-2-1-3-8-17)13-15-10-11-16-6-4-5-9-18(16)12-15;/h1-12,19H,13-14,21H2;1H/t19-,20-;/m1./s1. The predicted octanol–water partition coefficient (Wildman–Crippen LogP) is 4.69. The fourth-order valence-corrected chi connectivity index (χ4v) is 3.38. The van der Waals surface area contributed by atoms with Crippen LogP contribution in [0.5, 0.6) is 0 Å². The minimum Gasteiger partial charge on any atom is -0.324 e. The number of benzene rings is 3. The molecule has 3 aromatic carbocycles. The lowest BCUT2D eigenvalue weighted by Crippen LogP contribution is -2.27. The SMILES string of the molecule is Cl.N[C@]1(Cc2ccc3ccccc3c2)C[C@@H]1c1ccccc1. The molecular weight excluding hydrogens is 290 g/mol. The summed E-state index contributed by atoms with van der Waals surface area (Å²) < 4.78 is 0. The van der Waals surface area contributed by atoms with Crippen LogP contribution in [0.2, 0.25) is 0 Å². The predicted molar refractivity (Wildman–Crippen MR) is 95.6 cm³/mol. The van der Waals surface area contributed by atoms with Crippen molar-refractivity contribution in [3.8, 4) is 0 Å². The lowest BCUT2D eigenvalue weighted by Gasteiger charge is -2.12. The summed E-state index contributed by atoms with van der Waals surface area (Å²) in [5, 5.41) is 2.60. The Balaban J connectivity index is 0.00000144. The maximum absolute atomic E-state index is 6.60. The van der Waals surface area contributed by atoms with Crippen molar-refractivity contribution in [1.29, 1.82) is 0 Å². The van der Waals surface area contributed by atoms with Gasteiger partial charge in [-0.2, -0.15) is 0 Å². The summed E-state index contributed by atoms with van der Waals surface area (Å²) in [6.07, 6.45) is 2.04. The number of nitrogens with two attached hydrogens (primary N) is 1. The molecule has 0 aliphatic heterocycles. The summed E-state index contributed by atoms with van der Waals surface area (Å²) in [7, 11) is 0. The van der Waals surface area contributed by atoms with Crippen molar-refractivity contribution >= 4 is 23.2 Å². The normalized spacial score (nSPS) is 23.0. The maximum atomic E-state index is 6.60. The molecule has 0 aromatic heterocycles. The summed E-state index contributed by atoms with van der Waals surface area (Å²) in [5.41, 5.74) is 9.25. The van der Waals surface area contributed by atoms with Gasteiger partial charge in [-0.25, -0.2) is 0 Å². The van der Waals surface area contributed by atoms with Crippen molar-refractivity contribution in [1.82, 2.24) is 0 Å². The molecule has 0 radical (unpaired) electrons. The third kappa shape index (κ3) is 2.75. The van der Waals surface area contributed by atoms with E-state index >= 15 is 0 Å². The lowest BCUT2D eigenvalue weighted by molar-refractivity contribution is 0.646. The lowest BCUT2D eigenvalue weighted by atomic mass is 9.97. The Morgan fingerprint density at radius 2 is 1.55 bits per heavy atom. The first kappa shape index (κ1) is 15.1. The van der Waals surface area contributed by atoms with Gasteiger partial charge in [-0.3, -0.25) is 0 Å². The van der Waals surface area contributed by atoms with Gasteiger partial charge < -0.3 is 5.73 Å². The summed E-state index contributed by atoms with van der Waals surface area (Å²) >= 11 is 0. The van der Waals surface area contributed by atoms with E-state index in [9.17, 15) is 0 Å². The molecule has 0 spiro atoms. The van der Waals surface area contributed by atoms with Crippen LogP contribution in [-0.2, 0) is 6.42 Å². The van der Waals surface area contributed by atoms with E-state index in [4.69, 9.17) is 5.73 Å². The van der Waals surface area contributed by atoms with Crippen molar-refractivity contribution in [2.45, 2.75) is 24.3 Å². The molecule has 0 amide bonds. The molecule has 0 heterocycles. The Hall–Kier alpha value is -1.83. The van der Waals surface area contributed by atoms with Crippen LogP contribution < -0.4 is 5.73 Å². The van der Waals surface area contributed by atoms with Gasteiger partial charge in [0, 0.05) is 11.5 Å². The Morgan fingerprint density at radius 1 is 0.864 bits per heavy atom. The molecular formula is C20H20ClN. The highest BCUT2D eigenvalue weighted by atomic mass is 35.5. The summed E-state index contributed by atoms with van der Waals surface area (Å²) in [6.45, 7) is 0. The molecule has 3 aromatic rings. The summed E-state index contributed by atoms with van der Waals surface area (Å²) in [6, 6.07) is 25.9. The second-order valence-electron chi connectivity index (χ2n) is 6.26. The molecule has 0 unspecified atom stereocenters. The van der Waals surface area contributed by atoms with Crippen LogP contribution in [0.3, 0.4) is 0 Å². The molecule has 1 nitrogen and oxygen atoms in total. The van der Waals surface area contributed by atoms with Crippen molar-refractivity contribution < 1.29 is 0 Å². The number of hydrogen-bond acceptors (Lipinski definition) is 1. The summed E-state index contributed by atoms with van der Waals surface area (Å²) in [5.74, 6) is 0.505. The second-order valence-corrected chi connectivity index (χ2v) is 6.26. The smallest absolute Gasteiger partial charge is 0.0271 e. The van der Waals surface area contributed by atoms with E-state index in [1.807, 2.05) is 0 Å². The van der Waals surface area contributed by atoms with Crippen molar-refractivity contribution in [3.63, 3.8) is 0 Å². The molecule has 4 rings (SSSR count). The molecule has 1 aliphatic rings. The zero-order valence-corrected chi connectivity index (χ0v) is 13.2. The quantitative estimate of drug-likeness (QED) is 0.746. The van der Waals surface area contributed by atoms with Gasteiger partial charge in [-0.15, -0.1) is 12.4 Å². The highest BCUT2D eigenvalue weighted by Crippen LogP contribution is 2.51. The van der Waals surface area contributed by atoms with Gasteiger partial charge in [0.15, 0.2) is 0 Å². The van der Waals surface area contributed by atoms with Crippen molar-refractivity contribution in [3.05, 3.63) is 83.9 Å². The second kappa shape index (κ2) is 5.75. The van der Waals surface area contributed by atoms with E-state index in [1.54, 1.807) is 0 Å². The maximum Gasteiger partial charge on any atom is 0.0271 e. The third-order valence-electron chi connectivity index (χ3n) is 4.67. The average molecular weight is 310 g/mol. The van der Waals surface area contributed by atoms with Crippen molar-refractivity contribution in [2.24, 2.45) is 5.73 Å². The first-order valence-corrected chi connectivity index (χ1v) is 7.56. The van der Waals surface area contributed by atoms with Crippen LogP contribution in [-0.4, -0.2) is 5.54 Å². The molecule has 2 heteroatoms. The van der Waals surface area contributed by atoms with E-state index < -0.39 is 0 Å². The molecule has 22 heavy (non-hydrogen) atoms. The van der Waals surface area contributed by atoms with Crippen molar-refractivity contribution in [2.75, 3.05) is 0 Å². The fraction of sp³-hybridized carbons (Fsp3) is 0.200. The third-order valence-corrected chi connectivity index (χ3v) is 4.67. The van der Waals surface area contributed by atoms with Gasteiger partial charge >= 0.3 is 0 Å². The van der Waals surface area contributed by atoms with E-state index in [0.717, 1.165) is 12.8 Å². The Bertz CT molecular complexity index is 784. The first-order chi connectivity index (χ1) is 10.2. The Labute approximate surface area is 137 Å². The molecule has 1 saturated carbocycles. The van der Waals surface area contributed by atoms with E-state index in [2.05, 4.69) is 72.8 Å². The van der Waals surface area contributed by atoms with Gasteiger partial charge in [0.25, 0.3) is 0 Å². The fourth-order valence-electron chi connectivity index (χ4n) is 3.38. The van der Waals surface area contributed by atoms with Crippen LogP contribution in [0.1, 0.15) is 23.5 Å². The molecule has 0 saturated heterocycles. The van der Waals surface area contributed by atoms with Crippen LogP contribution in [0.15, 0.2) is 72.8 Å². The number of hydrogen-bond donors (Lipinski definition) is 1. The Kier molecular flexibility index (Phi) is 3.94. The number of fused-ring (bicyclic) bond motifs is 1. The first-order valence-electron chi connectivity index (χ1n) is 7.56. The van der Waals surface area contributed by atoms with Crippen LogP contribution in [0, 0.1) is 0 Å². The van der Waals surface area contributed by atoms with E-state index in [0.29, 0.717) is 5.92 Å². The largest absolute Gasteiger partial charge is 0.324 e. The topological polar surface area (TPSA) is 26.0 Å². The average Bonchev–Trinajstić information content (AvgIpc) is 3.19. The highest BCUT2D eigenvalue weighted by molar-refractivity contribution is 5.85. The van der Waals surface area contributed by atoms with Gasteiger partial charge in [-0.05, 0) is 34.7 Å².